The van der Waals surface area contributed by atoms with E-state index < -0.39 is 0 Å². The second-order valence-electron chi connectivity index (χ2n) is 4.23. The summed E-state index contributed by atoms with van der Waals surface area (Å²) < 4.78 is 0. The van der Waals surface area contributed by atoms with Crippen LogP contribution in [0.1, 0.15) is 23.7 Å². The summed E-state index contributed by atoms with van der Waals surface area (Å²) in [6, 6.07) is 4.94. The Bertz CT molecular complexity index is 476. The number of amides is 1. The summed E-state index contributed by atoms with van der Waals surface area (Å²) in [4.78, 5) is 24.9. The van der Waals surface area contributed by atoms with Crippen molar-refractivity contribution in [2.45, 2.75) is 19.4 Å². The van der Waals surface area contributed by atoms with E-state index in [4.69, 9.17) is 11.6 Å². The minimum absolute atomic E-state index is 0.00977. The average Bonchev–Trinajstić information content (AvgIpc) is 2.38. The van der Waals surface area contributed by atoms with E-state index >= 15 is 0 Å². The standard InChI is InChI=1S/C13H15ClN2O2/c1-2-11-13(18)15-5-6-16(11)12-4-3-10(14)7-9(12)8-17/h3-4,7-8,11H,2,5-6H2,1H3,(H,15,18). The number of halogens is 1. The molecule has 1 aliphatic rings. The summed E-state index contributed by atoms with van der Waals surface area (Å²) in [6.45, 7) is 3.25. The Labute approximate surface area is 111 Å². The summed E-state index contributed by atoms with van der Waals surface area (Å²) in [5, 5.41) is 3.36. The molecule has 0 radical (unpaired) electrons. The number of aldehydes is 1. The zero-order valence-electron chi connectivity index (χ0n) is 10.1. The van der Waals surface area contributed by atoms with Crippen molar-refractivity contribution < 1.29 is 9.59 Å². The molecule has 0 spiro atoms. The quantitative estimate of drug-likeness (QED) is 0.850. The van der Waals surface area contributed by atoms with Crippen molar-refractivity contribution in [3.8, 4) is 0 Å². The molecule has 1 fully saturated rings. The maximum absolute atomic E-state index is 11.8. The number of hydrogen-bond acceptors (Lipinski definition) is 3. The van der Waals surface area contributed by atoms with Crippen LogP contribution in [0.15, 0.2) is 18.2 Å². The molecule has 0 aromatic heterocycles. The lowest BCUT2D eigenvalue weighted by Gasteiger charge is -2.37. The SMILES string of the molecule is CCC1C(=O)NCCN1c1ccc(Cl)cc1C=O. The molecular formula is C13H15ClN2O2. The zero-order chi connectivity index (χ0) is 13.1. The van der Waals surface area contributed by atoms with Crippen LogP contribution in [0.4, 0.5) is 5.69 Å². The van der Waals surface area contributed by atoms with Gasteiger partial charge < -0.3 is 10.2 Å². The fourth-order valence-corrected chi connectivity index (χ4v) is 2.47. The van der Waals surface area contributed by atoms with E-state index in [0.29, 0.717) is 30.1 Å². The molecule has 2 rings (SSSR count). The van der Waals surface area contributed by atoms with Gasteiger partial charge in [0.1, 0.15) is 6.04 Å². The third kappa shape index (κ3) is 2.34. The lowest BCUT2D eigenvalue weighted by atomic mass is 10.1. The molecule has 0 saturated carbocycles. The second-order valence-corrected chi connectivity index (χ2v) is 4.67. The van der Waals surface area contributed by atoms with Crippen LogP contribution >= 0.6 is 11.6 Å². The Morgan fingerprint density at radius 1 is 1.56 bits per heavy atom. The van der Waals surface area contributed by atoms with Crippen LogP contribution in [0.5, 0.6) is 0 Å². The number of nitrogens with one attached hydrogen (secondary N) is 1. The first-order chi connectivity index (χ1) is 8.67. The summed E-state index contributed by atoms with van der Waals surface area (Å²) in [5.41, 5.74) is 1.30. The number of piperazine rings is 1. The number of benzene rings is 1. The van der Waals surface area contributed by atoms with Crippen molar-refractivity contribution in [2.24, 2.45) is 0 Å². The molecule has 1 N–H and O–H groups in total. The third-order valence-corrected chi connectivity index (χ3v) is 3.38. The highest BCUT2D eigenvalue weighted by molar-refractivity contribution is 6.31. The lowest BCUT2D eigenvalue weighted by Crippen LogP contribution is -2.55. The van der Waals surface area contributed by atoms with Gasteiger partial charge in [-0.2, -0.15) is 0 Å². The number of rotatable bonds is 3. The van der Waals surface area contributed by atoms with Gasteiger partial charge in [-0.25, -0.2) is 0 Å². The van der Waals surface area contributed by atoms with E-state index in [0.717, 1.165) is 12.0 Å². The third-order valence-electron chi connectivity index (χ3n) is 3.14. The minimum atomic E-state index is -0.223. The van der Waals surface area contributed by atoms with E-state index in [1.807, 2.05) is 11.8 Å². The van der Waals surface area contributed by atoms with Crippen LogP contribution < -0.4 is 10.2 Å². The predicted octanol–water partition coefficient (Wildman–Crippen LogP) is 1.87. The minimum Gasteiger partial charge on any atom is -0.357 e. The lowest BCUT2D eigenvalue weighted by molar-refractivity contribution is -0.123. The Morgan fingerprint density at radius 2 is 2.33 bits per heavy atom. The van der Waals surface area contributed by atoms with Crippen LogP contribution in [0.2, 0.25) is 5.02 Å². The van der Waals surface area contributed by atoms with E-state index in [1.165, 1.54) is 0 Å². The van der Waals surface area contributed by atoms with Crippen molar-refractivity contribution in [3.63, 3.8) is 0 Å². The van der Waals surface area contributed by atoms with Crippen LogP contribution in [0.25, 0.3) is 0 Å². The number of anilines is 1. The molecule has 0 bridgehead atoms. The fourth-order valence-electron chi connectivity index (χ4n) is 2.29. The highest BCUT2D eigenvalue weighted by Crippen LogP contribution is 2.26. The Kier molecular flexibility index (Phi) is 3.87. The van der Waals surface area contributed by atoms with Crippen LogP contribution in [-0.4, -0.2) is 31.3 Å². The van der Waals surface area contributed by atoms with Gasteiger partial charge in [-0.05, 0) is 24.6 Å². The van der Waals surface area contributed by atoms with Crippen LogP contribution in [-0.2, 0) is 4.79 Å². The molecule has 4 nitrogen and oxygen atoms in total. The Balaban J connectivity index is 2.40. The molecule has 1 amide bonds. The van der Waals surface area contributed by atoms with Gasteiger partial charge >= 0.3 is 0 Å². The highest BCUT2D eigenvalue weighted by Gasteiger charge is 2.29. The van der Waals surface area contributed by atoms with E-state index in [1.54, 1.807) is 18.2 Å². The highest BCUT2D eigenvalue weighted by atomic mass is 35.5. The normalized spacial score (nSPS) is 19.6. The van der Waals surface area contributed by atoms with Crippen molar-refractivity contribution in [3.05, 3.63) is 28.8 Å². The van der Waals surface area contributed by atoms with Crippen LogP contribution in [0, 0.1) is 0 Å². The number of nitrogens with zero attached hydrogens (tertiary/aromatic N) is 1. The molecule has 18 heavy (non-hydrogen) atoms. The second kappa shape index (κ2) is 5.40. The van der Waals surface area contributed by atoms with E-state index in [-0.39, 0.29) is 11.9 Å². The number of carbonyl (C=O) groups is 2. The molecule has 1 aromatic carbocycles. The predicted molar refractivity (Wildman–Crippen MR) is 71.3 cm³/mol. The summed E-state index contributed by atoms with van der Waals surface area (Å²) in [5.74, 6) is 0.00977. The summed E-state index contributed by atoms with van der Waals surface area (Å²) in [6.07, 6.45) is 1.48. The molecular weight excluding hydrogens is 252 g/mol. The topological polar surface area (TPSA) is 49.4 Å². The van der Waals surface area contributed by atoms with Gasteiger partial charge in [0.15, 0.2) is 6.29 Å². The van der Waals surface area contributed by atoms with Gasteiger partial charge in [0.25, 0.3) is 0 Å². The van der Waals surface area contributed by atoms with Crippen molar-refractivity contribution in [2.75, 3.05) is 18.0 Å². The molecule has 1 atom stereocenters. The van der Waals surface area contributed by atoms with Gasteiger partial charge in [-0.15, -0.1) is 0 Å². The molecule has 5 heteroatoms. The zero-order valence-corrected chi connectivity index (χ0v) is 10.9. The van der Waals surface area contributed by atoms with Crippen molar-refractivity contribution in [1.29, 1.82) is 0 Å². The van der Waals surface area contributed by atoms with Gasteiger partial charge in [0.2, 0.25) is 5.91 Å². The van der Waals surface area contributed by atoms with Crippen molar-refractivity contribution >= 4 is 29.5 Å². The number of carbonyl (C=O) groups excluding carboxylic acids is 2. The van der Waals surface area contributed by atoms with E-state index in [2.05, 4.69) is 5.32 Å². The first-order valence-corrected chi connectivity index (χ1v) is 6.34. The first kappa shape index (κ1) is 12.9. The number of hydrogen-bond donors (Lipinski definition) is 1. The first-order valence-electron chi connectivity index (χ1n) is 5.96. The Hall–Kier alpha value is -1.55. The smallest absolute Gasteiger partial charge is 0.242 e. The monoisotopic (exact) mass is 266 g/mol. The maximum atomic E-state index is 11.8. The van der Waals surface area contributed by atoms with Gasteiger partial charge in [-0.1, -0.05) is 18.5 Å². The summed E-state index contributed by atoms with van der Waals surface area (Å²) in [7, 11) is 0. The average molecular weight is 267 g/mol. The largest absolute Gasteiger partial charge is 0.357 e. The maximum Gasteiger partial charge on any atom is 0.242 e. The molecule has 1 aliphatic heterocycles. The van der Waals surface area contributed by atoms with E-state index in [9.17, 15) is 9.59 Å². The molecule has 1 aromatic rings. The van der Waals surface area contributed by atoms with Gasteiger partial charge in [0.05, 0.1) is 0 Å². The van der Waals surface area contributed by atoms with Crippen molar-refractivity contribution in [1.82, 2.24) is 5.32 Å². The van der Waals surface area contributed by atoms with Gasteiger partial charge in [-0.3, -0.25) is 9.59 Å². The molecule has 1 saturated heterocycles. The molecule has 96 valence electrons. The molecule has 1 heterocycles. The van der Waals surface area contributed by atoms with Gasteiger partial charge in [0, 0.05) is 29.4 Å². The fraction of sp³-hybridized carbons (Fsp3) is 0.385. The van der Waals surface area contributed by atoms with Crippen LogP contribution in [0.3, 0.4) is 0 Å². The molecule has 1 unspecified atom stereocenters. The Morgan fingerprint density at radius 3 is 3.00 bits per heavy atom. The molecule has 0 aliphatic carbocycles. The summed E-state index contributed by atoms with van der Waals surface area (Å²) >= 11 is 5.88.